The fraction of sp³-hybridized carbons (Fsp3) is 0.714. The molecule has 1 aliphatic rings. The Morgan fingerprint density at radius 2 is 2.00 bits per heavy atom. The number of hydrogen-bond donors (Lipinski definition) is 2. The van der Waals surface area contributed by atoms with Gasteiger partial charge in [0.15, 0.2) is 5.16 Å². The van der Waals surface area contributed by atoms with E-state index in [0.29, 0.717) is 5.92 Å². The van der Waals surface area contributed by atoms with E-state index in [-0.39, 0.29) is 11.9 Å². The zero-order chi connectivity index (χ0) is 16.3. The lowest BCUT2D eigenvalue weighted by molar-refractivity contribution is -0.119. The van der Waals surface area contributed by atoms with Crippen LogP contribution in [0.1, 0.15) is 52.3 Å². The molecular formula is C14H23N5O2S. The van der Waals surface area contributed by atoms with E-state index in [2.05, 4.69) is 25.4 Å². The summed E-state index contributed by atoms with van der Waals surface area (Å²) in [7, 11) is 0. The Balaban J connectivity index is 1.95. The third kappa shape index (κ3) is 4.22. The Labute approximate surface area is 134 Å². The maximum Gasteiger partial charge on any atom is 0.321 e. The van der Waals surface area contributed by atoms with E-state index < -0.39 is 11.3 Å². The average molecular weight is 325 g/mol. The van der Waals surface area contributed by atoms with Crippen LogP contribution in [0.2, 0.25) is 0 Å². The van der Waals surface area contributed by atoms with Crippen LogP contribution in [-0.2, 0) is 11.3 Å². The van der Waals surface area contributed by atoms with Gasteiger partial charge < -0.3 is 9.88 Å². The molecule has 3 amide bonds. The standard InChI is InChI=1S/C14H23N5O2S/c1-5-19-11(10-6-7-10)17-18-14(19)22-9(4)12(20)16-13(21)15-8(2)3/h8-10H,5-7H2,1-4H3,(H2,15,16,20,21)/t9-/m1/s1. The summed E-state index contributed by atoms with van der Waals surface area (Å²) in [6, 6.07) is -0.483. The van der Waals surface area contributed by atoms with E-state index in [1.54, 1.807) is 6.92 Å². The van der Waals surface area contributed by atoms with Gasteiger partial charge in [-0.1, -0.05) is 11.8 Å². The average Bonchev–Trinajstić information content (AvgIpc) is 3.19. The number of nitrogens with one attached hydrogen (secondary N) is 2. The highest BCUT2D eigenvalue weighted by molar-refractivity contribution is 8.00. The maximum absolute atomic E-state index is 12.0. The van der Waals surface area contributed by atoms with Crippen LogP contribution in [0.4, 0.5) is 4.79 Å². The molecule has 2 N–H and O–H groups in total. The number of carbonyl (C=O) groups excluding carboxylic acids is 2. The topological polar surface area (TPSA) is 88.9 Å². The van der Waals surface area contributed by atoms with Gasteiger partial charge in [-0.15, -0.1) is 10.2 Å². The number of urea groups is 1. The highest BCUT2D eigenvalue weighted by Gasteiger charge is 2.30. The Morgan fingerprint density at radius 1 is 1.32 bits per heavy atom. The molecule has 0 saturated heterocycles. The molecule has 1 heterocycles. The number of carbonyl (C=O) groups is 2. The molecule has 0 bridgehead atoms. The molecular weight excluding hydrogens is 302 g/mol. The van der Waals surface area contributed by atoms with Gasteiger partial charge in [0.1, 0.15) is 5.82 Å². The molecule has 7 nitrogen and oxygen atoms in total. The first kappa shape index (κ1) is 16.8. The molecule has 22 heavy (non-hydrogen) atoms. The Bertz CT molecular complexity index is 553. The molecule has 122 valence electrons. The number of rotatable bonds is 6. The first-order valence-electron chi connectivity index (χ1n) is 7.63. The summed E-state index contributed by atoms with van der Waals surface area (Å²) >= 11 is 1.33. The van der Waals surface area contributed by atoms with Crippen LogP contribution in [0, 0.1) is 0 Å². The van der Waals surface area contributed by atoms with E-state index in [1.807, 2.05) is 20.8 Å². The third-order valence-electron chi connectivity index (χ3n) is 3.31. The lowest BCUT2D eigenvalue weighted by Gasteiger charge is -2.13. The van der Waals surface area contributed by atoms with E-state index in [1.165, 1.54) is 11.8 Å². The highest BCUT2D eigenvalue weighted by Crippen LogP contribution is 2.40. The molecule has 1 saturated carbocycles. The second-order valence-corrected chi connectivity index (χ2v) is 7.04. The van der Waals surface area contributed by atoms with Crippen LogP contribution in [0.5, 0.6) is 0 Å². The number of nitrogens with zero attached hydrogens (tertiary/aromatic N) is 3. The van der Waals surface area contributed by atoms with Gasteiger partial charge in [0.05, 0.1) is 5.25 Å². The number of hydrogen-bond acceptors (Lipinski definition) is 5. The van der Waals surface area contributed by atoms with Crippen LogP contribution < -0.4 is 10.6 Å². The van der Waals surface area contributed by atoms with Gasteiger partial charge in [0.25, 0.3) is 0 Å². The fourth-order valence-electron chi connectivity index (χ4n) is 2.05. The first-order valence-corrected chi connectivity index (χ1v) is 8.51. The summed E-state index contributed by atoms with van der Waals surface area (Å²) in [6.45, 7) is 8.26. The lowest BCUT2D eigenvalue weighted by Crippen LogP contribution is -2.45. The van der Waals surface area contributed by atoms with Crippen molar-refractivity contribution in [3.05, 3.63) is 5.82 Å². The summed E-state index contributed by atoms with van der Waals surface area (Å²) < 4.78 is 2.06. The molecule has 8 heteroatoms. The van der Waals surface area contributed by atoms with Crippen molar-refractivity contribution in [2.75, 3.05) is 0 Å². The first-order chi connectivity index (χ1) is 10.4. The Morgan fingerprint density at radius 3 is 2.55 bits per heavy atom. The SMILES string of the molecule is CCn1c(S[C@H](C)C(=O)NC(=O)NC(C)C)nnc1C1CC1. The molecule has 0 unspecified atom stereocenters. The van der Waals surface area contributed by atoms with Crippen molar-refractivity contribution in [3.8, 4) is 0 Å². The van der Waals surface area contributed by atoms with Crippen molar-refractivity contribution in [2.45, 2.75) is 69.4 Å². The molecule has 0 spiro atoms. The number of amides is 3. The van der Waals surface area contributed by atoms with E-state index in [4.69, 9.17) is 0 Å². The van der Waals surface area contributed by atoms with Crippen molar-refractivity contribution >= 4 is 23.7 Å². The Hall–Kier alpha value is -1.57. The van der Waals surface area contributed by atoms with Crippen LogP contribution in [0.15, 0.2) is 5.16 Å². The smallest absolute Gasteiger partial charge is 0.321 e. The predicted octanol–water partition coefficient (Wildman–Crippen LogP) is 1.89. The normalized spacial score (nSPS) is 15.7. The minimum absolute atomic E-state index is 0.0138. The number of imide groups is 1. The molecule has 0 aliphatic heterocycles. The van der Waals surface area contributed by atoms with Crippen molar-refractivity contribution in [2.24, 2.45) is 0 Å². The fourth-order valence-corrected chi connectivity index (χ4v) is 2.97. The van der Waals surface area contributed by atoms with Crippen LogP contribution in [0.3, 0.4) is 0 Å². The second kappa shape index (κ2) is 7.13. The largest absolute Gasteiger partial charge is 0.336 e. The molecule has 1 aliphatic carbocycles. The van der Waals surface area contributed by atoms with E-state index >= 15 is 0 Å². The monoisotopic (exact) mass is 325 g/mol. The number of aromatic nitrogens is 3. The summed E-state index contributed by atoms with van der Waals surface area (Å²) in [5.41, 5.74) is 0. The minimum Gasteiger partial charge on any atom is -0.336 e. The zero-order valence-electron chi connectivity index (χ0n) is 13.4. The lowest BCUT2D eigenvalue weighted by atomic mass is 10.4. The van der Waals surface area contributed by atoms with E-state index in [0.717, 1.165) is 30.4 Å². The van der Waals surface area contributed by atoms with Crippen LogP contribution in [0.25, 0.3) is 0 Å². The zero-order valence-corrected chi connectivity index (χ0v) is 14.2. The number of thioether (sulfide) groups is 1. The quantitative estimate of drug-likeness (QED) is 0.780. The maximum atomic E-state index is 12.0. The van der Waals surface area contributed by atoms with Crippen molar-refractivity contribution in [3.63, 3.8) is 0 Å². The van der Waals surface area contributed by atoms with Gasteiger partial charge in [-0.3, -0.25) is 10.1 Å². The Kier molecular flexibility index (Phi) is 5.44. The van der Waals surface area contributed by atoms with Gasteiger partial charge in [-0.25, -0.2) is 4.79 Å². The van der Waals surface area contributed by atoms with Crippen molar-refractivity contribution in [1.82, 2.24) is 25.4 Å². The van der Waals surface area contributed by atoms with E-state index in [9.17, 15) is 9.59 Å². The third-order valence-corrected chi connectivity index (χ3v) is 4.39. The summed E-state index contributed by atoms with van der Waals surface area (Å²) in [5.74, 6) is 1.19. The van der Waals surface area contributed by atoms with Crippen molar-refractivity contribution < 1.29 is 9.59 Å². The highest BCUT2D eigenvalue weighted by atomic mass is 32.2. The van der Waals surface area contributed by atoms with Crippen molar-refractivity contribution in [1.29, 1.82) is 0 Å². The molecule has 0 aromatic carbocycles. The minimum atomic E-state index is -0.469. The molecule has 1 atom stereocenters. The molecule has 0 radical (unpaired) electrons. The molecule has 2 rings (SSSR count). The van der Waals surface area contributed by atoms with Crippen LogP contribution in [-0.4, -0.2) is 38.0 Å². The van der Waals surface area contributed by atoms with Gasteiger partial charge in [-0.05, 0) is 40.5 Å². The van der Waals surface area contributed by atoms with Crippen LogP contribution >= 0.6 is 11.8 Å². The molecule has 1 aromatic rings. The molecule has 1 fully saturated rings. The van der Waals surface area contributed by atoms with Gasteiger partial charge in [-0.2, -0.15) is 0 Å². The van der Waals surface area contributed by atoms with Gasteiger partial charge in [0, 0.05) is 18.5 Å². The van der Waals surface area contributed by atoms with Gasteiger partial charge in [0.2, 0.25) is 5.91 Å². The predicted molar refractivity (Wildman–Crippen MR) is 84.8 cm³/mol. The summed E-state index contributed by atoms with van der Waals surface area (Å²) in [6.07, 6.45) is 2.32. The van der Waals surface area contributed by atoms with Gasteiger partial charge >= 0.3 is 6.03 Å². The summed E-state index contributed by atoms with van der Waals surface area (Å²) in [5, 5.41) is 13.7. The summed E-state index contributed by atoms with van der Waals surface area (Å²) in [4.78, 5) is 23.6. The molecule has 1 aromatic heterocycles. The second-order valence-electron chi connectivity index (χ2n) is 5.74.